The average Bonchev–Trinajstić information content (AvgIpc) is 3.41. The second-order valence-electron chi connectivity index (χ2n) is 19.5. The van der Waals surface area contributed by atoms with Crippen LogP contribution < -0.4 is 0 Å². The minimum atomic E-state index is 0.165. The Hall–Kier alpha value is -7.54. The molecule has 352 valence electrons. The van der Waals surface area contributed by atoms with Gasteiger partial charge in [-0.2, -0.15) is 0 Å². The zero-order valence-corrected chi connectivity index (χ0v) is 42.0. The summed E-state index contributed by atoms with van der Waals surface area (Å²) in [6, 6.07) is 74.4. The van der Waals surface area contributed by atoms with Gasteiger partial charge in [-0.3, -0.25) is 0 Å². The molecule has 1 aliphatic rings. The predicted molar refractivity (Wildman–Crippen MR) is 305 cm³/mol. The summed E-state index contributed by atoms with van der Waals surface area (Å²) in [4.78, 5) is 0. The Labute approximate surface area is 425 Å². The maximum absolute atomic E-state index is 4.32. The Morgan fingerprint density at radius 1 is 0.535 bits per heavy atom. The first kappa shape index (κ1) is 48.5. The summed E-state index contributed by atoms with van der Waals surface area (Å²) in [5, 5.41) is 0. The third-order valence-corrected chi connectivity index (χ3v) is 14.6. The highest BCUT2D eigenvalue weighted by molar-refractivity contribution is 5.73. The molecule has 0 nitrogen and oxygen atoms in total. The number of allylic oxidation sites excluding steroid dienone is 9. The van der Waals surface area contributed by atoms with E-state index >= 15 is 0 Å². The van der Waals surface area contributed by atoms with Crippen molar-refractivity contribution < 1.29 is 0 Å². The summed E-state index contributed by atoms with van der Waals surface area (Å²) < 4.78 is 0. The molecule has 0 aromatic heterocycles. The van der Waals surface area contributed by atoms with E-state index in [-0.39, 0.29) is 5.92 Å². The van der Waals surface area contributed by atoms with Crippen molar-refractivity contribution in [3.63, 3.8) is 0 Å². The van der Waals surface area contributed by atoms with Gasteiger partial charge in [-0.15, -0.1) is 0 Å². The Balaban J connectivity index is 0.928. The number of hydrogen-bond donors (Lipinski definition) is 0. The molecule has 9 rings (SSSR count). The third-order valence-electron chi connectivity index (χ3n) is 14.6. The van der Waals surface area contributed by atoms with E-state index in [0.29, 0.717) is 5.92 Å². The van der Waals surface area contributed by atoms with Crippen molar-refractivity contribution in [1.82, 2.24) is 0 Å². The molecule has 0 heteroatoms. The molecule has 0 N–H and O–H groups in total. The molecular formula is C71H68. The molecule has 2 atom stereocenters. The molecular weight excluding hydrogens is 853 g/mol. The largest absolute Gasteiger partial charge is 0.0958 e. The number of hydrogen-bond acceptors (Lipinski definition) is 0. The van der Waals surface area contributed by atoms with Gasteiger partial charge >= 0.3 is 0 Å². The summed E-state index contributed by atoms with van der Waals surface area (Å²) in [5.41, 5.74) is 24.0. The van der Waals surface area contributed by atoms with Crippen LogP contribution in [0.1, 0.15) is 112 Å². The summed E-state index contributed by atoms with van der Waals surface area (Å²) in [5.74, 6) is 0.505. The fourth-order valence-corrected chi connectivity index (χ4v) is 10.6. The molecule has 0 saturated carbocycles. The van der Waals surface area contributed by atoms with Gasteiger partial charge in [-0.1, -0.05) is 261 Å². The van der Waals surface area contributed by atoms with E-state index in [2.05, 4.69) is 264 Å². The Kier molecular flexibility index (Phi) is 16.3. The highest BCUT2D eigenvalue weighted by Crippen LogP contribution is 2.41. The molecule has 2 unspecified atom stereocenters. The van der Waals surface area contributed by atoms with Crippen molar-refractivity contribution in [3.05, 3.63) is 316 Å². The van der Waals surface area contributed by atoms with Crippen molar-refractivity contribution in [3.8, 4) is 22.3 Å². The monoisotopic (exact) mass is 921 g/mol. The van der Waals surface area contributed by atoms with Crippen LogP contribution in [0.4, 0.5) is 0 Å². The highest BCUT2D eigenvalue weighted by atomic mass is 14.3. The summed E-state index contributed by atoms with van der Waals surface area (Å²) in [6.45, 7) is 11.1. The van der Waals surface area contributed by atoms with Gasteiger partial charge in [0.05, 0.1) is 0 Å². The van der Waals surface area contributed by atoms with E-state index in [9.17, 15) is 0 Å². The van der Waals surface area contributed by atoms with Crippen LogP contribution in [0, 0.1) is 13.8 Å². The first-order valence-electron chi connectivity index (χ1n) is 25.9. The Morgan fingerprint density at radius 2 is 1.20 bits per heavy atom. The molecule has 0 bridgehead atoms. The first-order valence-corrected chi connectivity index (χ1v) is 25.9. The lowest BCUT2D eigenvalue weighted by atomic mass is 9.78. The number of aryl methyl sites for hydroxylation is 3. The van der Waals surface area contributed by atoms with Gasteiger partial charge in [0, 0.05) is 11.8 Å². The van der Waals surface area contributed by atoms with E-state index in [1.165, 1.54) is 100 Å². The summed E-state index contributed by atoms with van der Waals surface area (Å²) >= 11 is 0. The molecule has 0 spiro atoms. The zero-order valence-electron chi connectivity index (χ0n) is 42.0. The normalized spacial score (nSPS) is 13.5. The number of benzene rings is 8. The predicted octanol–water partition coefficient (Wildman–Crippen LogP) is 18.9. The molecule has 0 amide bonds. The van der Waals surface area contributed by atoms with Crippen LogP contribution in [0.25, 0.3) is 27.8 Å². The molecule has 8 aromatic carbocycles. The van der Waals surface area contributed by atoms with Crippen LogP contribution in [0.5, 0.6) is 0 Å². The van der Waals surface area contributed by atoms with Gasteiger partial charge in [0.25, 0.3) is 0 Å². The van der Waals surface area contributed by atoms with Crippen LogP contribution in [0.3, 0.4) is 0 Å². The minimum Gasteiger partial charge on any atom is -0.0958 e. The maximum atomic E-state index is 4.32. The lowest BCUT2D eigenvalue weighted by Crippen LogP contribution is -2.08. The van der Waals surface area contributed by atoms with Gasteiger partial charge in [0.2, 0.25) is 0 Å². The maximum Gasteiger partial charge on any atom is 0.0302 e. The topological polar surface area (TPSA) is 0 Å². The molecule has 8 aromatic rings. The molecule has 0 aliphatic heterocycles. The van der Waals surface area contributed by atoms with Crippen LogP contribution >= 0.6 is 0 Å². The smallest absolute Gasteiger partial charge is 0.0302 e. The van der Waals surface area contributed by atoms with E-state index < -0.39 is 0 Å². The molecule has 0 radical (unpaired) electrons. The fraction of sp³-hybridized carbons (Fsp3) is 0.183. The van der Waals surface area contributed by atoms with Gasteiger partial charge < -0.3 is 0 Å². The van der Waals surface area contributed by atoms with Crippen molar-refractivity contribution in [2.75, 3.05) is 0 Å². The van der Waals surface area contributed by atoms with Crippen LogP contribution in [0.15, 0.2) is 254 Å². The third kappa shape index (κ3) is 12.4. The summed E-state index contributed by atoms with van der Waals surface area (Å²) in [7, 11) is 0. The van der Waals surface area contributed by atoms with Crippen LogP contribution in [-0.4, -0.2) is 0 Å². The van der Waals surface area contributed by atoms with Gasteiger partial charge in [-0.05, 0) is 154 Å². The second-order valence-corrected chi connectivity index (χ2v) is 19.5. The van der Waals surface area contributed by atoms with E-state index in [1.807, 2.05) is 0 Å². The van der Waals surface area contributed by atoms with Gasteiger partial charge in [0.15, 0.2) is 0 Å². The standard InChI is InChI=1S/C71H68/c1-5-67(62-29-15-9-16-30-62)69-48-36-57(50-70(69)68-32-19-18-23-54(68)4)49-56-34-38-59(39-35-56)61-42-46-64(47-43-61)71(63-44-40-60(41-45-63)58-27-13-8-14-28-58)66-37-33-53(3)65(51-66)31-17-6-10-21-52(2)22-20-26-55-24-11-7-12-25-55/h6-19,21,23-25,27-30,32-40,42-44,46-48,50-51,67,71H,2,5,20,22,26,31,41,45,49H2,1,3-4H3/b17-6-,21-10-. The molecule has 71 heavy (non-hydrogen) atoms. The Bertz CT molecular complexity index is 3140. The van der Waals surface area contributed by atoms with Crippen molar-refractivity contribution in [1.29, 1.82) is 0 Å². The van der Waals surface area contributed by atoms with Crippen molar-refractivity contribution in [2.24, 2.45) is 0 Å². The first-order chi connectivity index (χ1) is 34.9. The van der Waals surface area contributed by atoms with Crippen LogP contribution in [-0.2, 0) is 19.3 Å². The number of rotatable bonds is 19. The van der Waals surface area contributed by atoms with Crippen molar-refractivity contribution >= 4 is 5.57 Å². The van der Waals surface area contributed by atoms with E-state index in [1.54, 1.807) is 0 Å². The molecule has 1 aliphatic carbocycles. The highest BCUT2D eigenvalue weighted by Gasteiger charge is 2.23. The second kappa shape index (κ2) is 23.9. The Morgan fingerprint density at radius 3 is 1.90 bits per heavy atom. The molecule has 0 saturated heterocycles. The molecule has 0 fully saturated rings. The van der Waals surface area contributed by atoms with Crippen molar-refractivity contribution in [2.45, 2.75) is 84.0 Å². The van der Waals surface area contributed by atoms with Gasteiger partial charge in [-0.25, -0.2) is 0 Å². The van der Waals surface area contributed by atoms with Gasteiger partial charge in [0.1, 0.15) is 0 Å². The lowest BCUT2D eigenvalue weighted by molar-refractivity contribution is 0.778. The fourth-order valence-electron chi connectivity index (χ4n) is 10.6. The minimum absolute atomic E-state index is 0.165. The SMILES string of the molecule is C=C(/C=C\C=C/Cc1cc(C(C2=CC=C(c3ccccc3)CC2)c2ccc(-c3ccc(Cc4ccc(C(CC)c5ccccc5)c(-c5ccccc5C)c4)cc3)cc2)ccc1C)CCCc1ccccc1. The average molecular weight is 921 g/mol. The molecule has 0 heterocycles. The quantitative estimate of drug-likeness (QED) is 0.0709. The summed E-state index contributed by atoms with van der Waals surface area (Å²) in [6.07, 6.45) is 21.7. The van der Waals surface area contributed by atoms with Crippen LogP contribution in [0.2, 0.25) is 0 Å². The zero-order chi connectivity index (χ0) is 48.8. The van der Waals surface area contributed by atoms with E-state index in [4.69, 9.17) is 0 Å². The lowest BCUT2D eigenvalue weighted by Gasteiger charge is -2.26. The van der Waals surface area contributed by atoms with E-state index in [0.717, 1.165) is 51.4 Å².